The van der Waals surface area contributed by atoms with E-state index in [1.165, 1.54) is 18.3 Å². The number of aromatic nitrogens is 1. The summed E-state index contributed by atoms with van der Waals surface area (Å²) in [5, 5.41) is 2.98. The first-order valence-corrected chi connectivity index (χ1v) is 6.45. The highest BCUT2D eigenvalue weighted by molar-refractivity contribution is 5.91. The third-order valence-electron chi connectivity index (χ3n) is 3.49. The summed E-state index contributed by atoms with van der Waals surface area (Å²) in [5.41, 5.74) is -0.449. The fourth-order valence-electron chi connectivity index (χ4n) is 2.32. The van der Waals surface area contributed by atoms with E-state index in [2.05, 4.69) is 10.3 Å². The molecular weight excluding hydrogens is 307 g/mol. The molecule has 1 atom stereocenters. The third-order valence-corrected chi connectivity index (χ3v) is 3.49. The molecule has 2 aromatic rings. The lowest BCUT2D eigenvalue weighted by Gasteiger charge is -2.20. The molecule has 1 aliphatic rings. The lowest BCUT2D eigenvalue weighted by molar-refractivity contribution is -0.137. The van der Waals surface area contributed by atoms with Crippen LogP contribution in [0.2, 0.25) is 0 Å². The number of alkyl halides is 5. The second kappa shape index (κ2) is 5.05. The van der Waals surface area contributed by atoms with Crippen LogP contribution in [-0.4, -0.2) is 30.2 Å². The number of benzene rings is 1. The number of nitrogens with zero attached hydrogens (tertiary/aromatic N) is 1. The smallest absolute Gasteiger partial charge is 0.374 e. The molecule has 1 N–H and O–H groups in total. The van der Waals surface area contributed by atoms with E-state index >= 15 is 0 Å². The van der Waals surface area contributed by atoms with Gasteiger partial charge in [0, 0.05) is 17.3 Å². The maximum absolute atomic E-state index is 13.6. The van der Waals surface area contributed by atoms with Crippen LogP contribution in [0.3, 0.4) is 0 Å². The highest BCUT2D eigenvalue weighted by Crippen LogP contribution is 2.34. The Hall–Kier alpha value is -1.96. The topological polar surface area (TPSA) is 34.1 Å². The minimum Gasteiger partial charge on any atom is -0.374 e. The van der Waals surface area contributed by atoms with E-state index in [-0.39, 0.29) is 12.1 Å². The van der Waals surface area contributed by atoms with Gasteiger partial charge in [-0.2, -0.15) is 13.2 Å². The summed E-state index contributed by atoms with van der Waals surface area (Å²) in [5.74, 6) is -3.03. The van der Waals surface area contributed by atoms with E-state index in [1.807, 2.05) is 0 Å². The van der Waals surface area contributed by atoms with Crippen LogP contribution >= 0.6 is 0 Å². The molecule has 0 aliphatic carbocycles. The quantitative estimate of drug-likeness (QED) is 0.857. The molecule has 1 aliphatic heterocycles. The molecule has 3 nitrogen and oxygen atoms in total. The first-order chi connectivity index (χ1) is 10.3. The number of hydrogen-bond acceptors (Lipinski definition) is 3. The Labute approximate surface area is 122 Å². The molecule has 118 valence electrons. The van der Waals surface area contributed by atoms with Gasteiger partial charge in [-0.3, -0.25) is 4.98 Å². The van der Waals surface area contributed by atoms with Gasteiger partial charge in [-0.25, -0.2) is 8.78 Å². The van der Waals surface area contributed by atoms with Gasteiger partial charge in [0.2, 0.25) is 0 Å². The molecule has 0 radical (unpaired) electrons. The molecule has 3 rings (SSSR count). The molecule has 1 aromatic carbocycles. The van der Waals surface area contributed by atoms with Crippen molar-refractivity contribution in [1.29, 1.82) is 0 Å². The second-order valence-electron chi connectivity index (χ2n) is 5.06. The predicted molar refractivity (Wildman–Crippen MR) is 69.9 cm³/mol. The fourth-order valence-corrected chi connectivity index (χ4v) is 2.32. The zero-order valence-electron chi connectivity index (χ0n) is 11.1. The maximum atomic E-state index is 13.6. The zero-order chi connectivity index (χ0) is 16.0. The molecular formula is C14H11F5N2O. The summed E-state index contributed by atoms with van der Waals surface area (Å²) >= 11 is 0. The van der Waals surface area contributed by atoms with Gasteiger partial charge in [-0.05, 0) is 18.2 Å². The number of ether oxygens (including phenoxy) is 1. The van der Waals surface area contributed by atoms with E-state index in [4.69, 9.17) is 4.74 Å². The lowest BCUT2D eigenvalue weighted by Crippen LogP contribution is -2.38. The summed E-state index contributed by atoms with van der Waals surface area (Å²) in [4.78, 5) is 3.87. The van der Waals surface area contributed by atoms with E-state index in [0.29, 0.717) is 11.1 Å². The van der Waals surface area contributed by atoms with Crippen LogP contribution in [0.5, 0.6) is 0 Å². The first-order valence-electron chi connectivity index (χ1n) is 6.45. The van der Waals surface area contributed by atoms with Gasteiger partial charge in [0.05, 0.1) is 17.7 Å². The van der Waals surface area contributed by atoms with Crippen molar-refractivity contribution in [1.82, 2.24) is 4.98 Å². The summed E-state index contributed by atoms with van der Waals surface area (Å²) in [6, 6.07) is 3.24. The minimum absolute atomic E-state index is 0.0852. The molecule has 8 heteroatoms. The Morgan fingerprint density at radius 3 is 2.64 bits per heavy atom. The van der Waals surface area contributed by atoms with Crippen molar-refractivity contribution in [3.63, 3.8) is 0 Å². The number of rotatable bonds is 2. The van der Waals surface area contributed by atoms with E-state index in [0.717, 1.165) is 12.1 Å². The van der Waals surface area contributed by atoms with Gasteiger partial charge in [-0.1, -0.05) is 6.07 Å². The molecule has 0 spiro atoms. The monoisotopic (exact) mass is 318 g/mol. The number of hydrogen-bond donors (Lipinski definition) is 1. The van der Waals surface area contributed by atoms with Crippen LogP contribution in [0, 0.1) is 0 Å². The van der Waals surface area contributed by atoms with Gasteiger partial charge < -0.3 is 10.1 Å². The van der Waals surface area contributed by atoms with Gasteiger partial charge >= 0.3 is 6.18 Å². The van der Waals surface area contributed by atoms with Gasteiger partial charge in [0.15, 0.2) is 0 Å². The van der Waals surface area contributed by atoms with Gasteiger partial charge in [-0.15, -0.1) is 0 Å². The number of halogens is 5. The Morgan fingerprint density at radius 2 is 2.00 bits per heavy atom. The number of nitrogens with one attached hydrogen (secondary N) is 1. The molecule has 0 amide bonds. The SMILES string of the molecule is FC(F)(F)c1ccc2c(NC3COCC3(F)F)ccnc2c1. The molecule has 1 fully saturated rings. The molecule has 1 saturated heterocycles. The van der Waals surface area contributed by atoms with E-state index in [9.17, 15) is 22.0 Å². The zero-order valence-corrected chi connectivity index (χ0v) is 11.1. The molecule has 1 aromatic heterocycles. The Kier molecular flexibility index (Phi) is 3.43. The van der Waals surface area contributed by atoms with Crippen molar-refractivity contribution in [2.45, 2.75) is 18.1 Å². The van der Waals surface area contributed by atoms with Gasteiger partial charge in [0.1, 0.15) is 12.6 Å². The minimum atomic E-state index is -4.48. The second-order valence-corrected chi connectivity index (χ2v) is 5.06. The van der Waals surface area contributed by atoms with Crippen molar-refractivity contribution in [3.8, 4) is 0 Å². The van der Waals surface area contributed by atoms with Crippen LogP contribution in [0.4, 0.5) is 27.6 Å². The highest BCUT2D eigenvalue weighted by Gasteiger charge is 2.45. The summed E-state index contributed by atoms with van der Waals surface area (Å²) < 4.78 is 69.9. The molecule has 2 heterocycles. The van der Waals surface area contributed by atoms with Crippen LogP contribution in [-0.2, 0) is 10.9 Å². The van der Waals surface area contributed by atoms with E-state index in [1.54, 1.807) is 0 Å². The van der Waals surface area contributed by atoms with E-state index < -0.39 is 30.3 Å². The molecule has 22 heavy (non-hydrogen) atoms. The van der Waals surface area contributed by atoms with Crippen LogP contribution in [0.25, 0.3) is 10.9 Å². The fraction of sp³-hybridized carbons (Fsp3) is 0.357. The molecule has 0 saturated carbocycles. The maximum Gasteiger partial charge on any atom is 0.416 e. The number of pyridine rings is 1. The average Bonchev–Trinajstić information content (AvgIpc) is 2.77. The molecule has 1 unspecified atom stereocenters. The Bertz CT molecular complexity index is 701. The number of fused-ring (bicyclic) bond motifs is 1. The van der Waals surface area contributed by atoms with Crippen molar-refractivity contribution < 1.29 is 26.7 Å². The van der Waals surface area contributed by atoms with Crippen molar-refractivity contribution in [3.05, 3.63) is 36.0 Å². The lowest BCUT2D eigenvalue weighted by atomic mass is 10.1. The third kappa shape index (κ3) is 2.70. The van der Waals surface area contributed by atoms with Crippen molar-refractivity contribution >= 4 is 16.6 Å². The summed E-state index contributed by atoms with van der Waals surface area (Å²) in [7, 11) is 0. The molecule has 0 bridgehead atoms. The summed E-state index contributed by atoms with van der Waals surface area (Å²) in [6.45, 7) is -0.844. The highest BCUT2D eigenvalue weighted by atomic mass is 19.4. The van der Waals surface area contributed by atoms with Crippen LogP contribution in [0.15, 0.2) is 30.5 Å². The standard InChI is InChI=1S/C14H11F5N2O/c15-13(16)7-22-6-12(13)21-10-3-4-20-11-5-8(14(17,18)19)1-2-9(10)11/h1-5,12H,6-7H2,(H,20,21). The largest absolute Gasteiger partial charge is 0.416 e. The Morgan fingerprint density at radius 1 is 1.23 bits per heavy atom. The van der Waals surface area contributed by atoms with Gasteiger partial charge in [0.25, 0.3) is 5.92 Å². The summed E-state index contributed by atoms with van der Waals surface area (Å²) in [6.07, 6.45) is -3.20. The predicted octanol–water partition coefficient (Wildman–Crippen LogP) is 3.70. The first kappa shape index (κ1) is 15.0. The van der Waals surface area contributed by atoms with Crippen molar-refractivity contribution in [2.24, 2.45) is 0 Å². The average molecular weight is 318 g/mol. The van der Waals surface area contributed by atoms with Crippen LogP contribution in [0.1, 0.15) is 5.56 Å². The Balaban J connectivity index is 1.97. The number of anilines is 1. The van der Waals surface area contributed by atoms with Crippen LogP contribution < -0.4 is 5.32 Å². The van der Waals surface area contributed by atoms with Crippen molar-refractivity contribution in [2.75, 3.05) is 18.5 Å². The normalized spacial score (nSPS) is 21.2.